The number of hydrogen-bond donors (Lipinski definition) is 1. The minimum absolute atomic E-state index is 0.117. The molecule has 102 valence electrons. The van der Waals surface area contributed by atoms with Gasteiger partial charge in [-0.05, 0) is 66.1 Å². The van der Waals surface area contributed by atoms with Crippen LogP contribution in [-0.2, 0) is 0 Å². The number of fused-ring (bicyclic) bond motifs is 1. The number of nitrogens with two attached hydrogens (primary N) is 1. The molecule has 20 heavy (non-hydrogen) atoms. The van der Waals surface area contributed by atoms with Gasteiger partial charge >= 0.3 is 0 Å². The van der Waals surface area contributed by atoms with Crippen LogP contribution >= 0.6 is 11.3 Å². The molecule has 0 aliphatic carbocycles. The van der Waals surface area contributed by atoms with Gasteiger partial charge in [0.25, 0.3) is 0 Å². The molecule has 0 saturated carbocycles. The lowest BCUT2D eigenvalue weighted by Crippen LogP contribution is -2.14. The molecule has 2 nitrogen and oxygen atoms in total. The average Bonchev–Trinajstić information content (AvgIpc) is 2.89. The quantitative estimate of drug-likeness (QED) is 0.762. The number of pyridine rings is 1. The summed E-state index contributed by atoms with van der Waals surface area (Å²) in [6.45, 7) is 6.39. The predicted molar refractivity (Wildman–Crippen MR) is 86.3 cm³/mol. The fraction of sp³-hybridized carbons (Fsp3) is 0.235. The highest BCUT2D eigenvalue weighted by atomic mass is 32.1. The second kappa shape index (κ2) is 5.00. The molecule has 3 rings (SSSR count). The number of nitrogens with zero attached hydrogens (tertiary/aromatic N) is 1. The van der Waals surface area contributed by atoms with Crippen molar-refractivity contribution in [1.29, 1.82) is 0 Å². The first-order chi connectivity index (χ1) is 9.56. The van der Waals surface area contributed by atoms with Crippen molar-refractivity contribution in [2.45, 2.75) is 26.8 Å². The van der Waals surface area contributed by atoms with Crippen molar-refractivity contribution >= 4 is 21.6 Å². The van der Waals surface area contributed by atoms with Gasteiger partial charge in [0.15, 0.2) is 0 Å². The summed E-state index contributed by atoms with van der Waals surface area (Å²) in [7, 11) is 0. The molecule has 0 fully saturated rings. The van der Waals surface area contributed by atoms with Gasteiger partial charge in [-0.25, -0.2) is 0 Å². The fourth-order valence-electron chi connectivity index (χ4n) is 2.53. The molecule has 1 aromatic carbocycles. The van der Waals surface area contributed by atoms with Gasteiger partial charge in [-0.15, -0.1) is 11.3 Å². The smallest absolute Gasteiger partial charge is 0.0809 e. The summed E-state index contributed by atoms with van der Waals surface area (Å²) in [5.41, 5.74) is 13.6. The van der Waals surface area contributed by atoms with Gasteiger partial charge in [0.2, 0.25) is 0 Å². The van der Waals surface area contributed by atoms with Gasteiger partial charge in [0, 0.05) is 6.20 Å². The van der Waals surface area contributed by atoms with Crippen molar-refractivity contribution in [1.82, 2.24) is 4.98 Å². The van der Waals surface area contributed by atoms with Crippen LogP contribution in [0.1, 0.15) is 33.9 Å². The van der Waals surface area contributed by atoms with E-state index < -0.39 is 0 Å². The second-order valence-electron chi connectivity index (χ2n) is 5.34. The molecule has 0 aliphatic heterocycles. The molecule has 2 heterocycles. The van der Waals surface area contributed by atoms with Crippen LogP contribution in [-0.4, -0.2) is 4.98 Å². The van der Waals surface area contributed by atoms with Crippen molar-refractivity contribution in [2.24, 2.45) is 5.73 Å². The van der Waals surface area contributed by atoms with Crippen LogP contribution in [0.3, 0.4) is 0 Å². The Labute approximate surface area is 123 Å². The molecule has 2 N–H and O–H groups in total. The molecule has 2 aromatic heterocycles. The topological polar surface area (TPSA) is 38.9 Å². The van der Waals surface area contributed by atoms with Gasteiger partial charge in [-0.1, -0.05) is 12.1 Å². The summed E-state index contributed by atoms with van der Waals surface area (Å²) >= 11 is 1.71. The number of thiophene rings is 1. The van der Waals surface area contributed by atoms with Crippen LogP contribution in [0.4, 0.5) is 0 Å². The van der Waals surface area contributed by atoms with Crippen molar-refractivity contribution < 1.29 is 0 Å². The Morgan fingerprint density at radius 2 is 1.80 bits per heavy atom. The standard InChI is InChI=1S/C17H18N2S/c1-10-6-12(3)14(7-11(10)2)17(18)13-8-16-15(19-9-13)4-5-20-16/h4-9,17H,18H2,1-3H3. The van der Waals surface area contributed by atoms with E-state index in [-0.39, 0.29) is 6.04 Å². The molecule has 0 aliphatic rings. The normalized spacial score (nSPS) is 12.8. The largest absolute Gasteiger partial charge is 0.320 e. The third-order valence-corrected chi connectivity index (χ3v) is 4.75. The van der Waals surface area contributed by atoms with E-state index in [0.717, 1.165) is 11.1 Å². The van der Waals surface area contributed by atoms with Crippen LogP contribution in [0.25, 0.3) is 10.2 Å². The number of aromatic nitrogens is 1. The lowest BCUT2D eigenvalue weighted by molar-refractivity contribution is 0.854. The van der Waals surface area contributed by atoms with Crippen molar-refractivity contribution in [3.63, 3.8) is 0 Å². The Kier molecular flexibility index (Phi) is 3.32. The molecular formula is C17H18N2S. The molecule has 0 saturated heterocycles. The lowest BCUT2D eigenvalue weighted by Gasteiger charge is -2.17. The first kappa shape index (κ1) is 13.3. The maximum absolute atomic E-state index is 6.46. The number of hydrogen-bond acceptors (Lipinski definition) is 3. The third kappa shape index (κ3) is 2.23. The first-order valence-electron chi connectivity index (χ1n) is 6.73. The average molecular weight is 282 g/mol. The van der Waals surface area contributed by atoms with Crippen LogP contribution in [0, 0.1) is 20.8 Å². The fourth-order valence-corrected chi connectivity index (χ4v) is 3.32. The van der Waals surface area contributed by atoms with E-state index >= 15 is 0 Å². The van der Waals surface area contributed by atoms with Crippen LogP contribution in [0.5, 0.6) is 0 Å². The SMILES string of the molecule is Cc1cc(C)c(C(N)c2cnc3ccsc3c2)cc1C. The molecule has 1 unspecified atom stereocenters. The maximum Gasteiger partial charge on any atom is 0.0809 e. The highest BCUT2D eigenvalue weighted by Crippen LogP contribution is 2.28. The number of rotatable bonds is 2. The Morgan fingerprint density at radius 3 is 2.60 bits per heavy atom. The third-order valence-electron chi connectivity index (χ3n) is 3.90. The highest BCUT2D eigenvalue weighted by Gasteiger charge is 2.14. The van der Waals surface area contributed by atoms with Gasteiger partial charge in [-0.3, -0.25) is 4.98 Å². The molecular weight excluding hydrogens is 264 g/mol. The summed E-state index contributed by atoms with van der Waals surface area (Å²) in [6, 6.07) is 8.49. The molecule has 3 heteroatoms. The van der Waals surface area contributed by atoms with Crippen molar-refractivity contribution in [3.05, 3.63) is 63.7 Å². The maximum atomic E-state index is 6.46. The van der Waals surface area contributed by atoms with E-state index in [2.05, 4.69) is 49.3 Å². The van der Waals surface area contributed by atoms with E-state index in [4.69, 9.17) is 5.73 Å². The Balaban J connectivity index is 2.07. The zero-order valence-corrected chi connectivity index (χ0v) is 12.8. The Hall–Kier alpha value is -1.71. The molecule has 0 bridgehead atoms. The molecule has 0 spiro atoms. The lowest BCUT2D eigenvalue weighted by atomic mass is 9.93. The van der Waals surface area contributed by atoms with Gasteiger partial charge < -0.3 is 5.73 Å². The minimum atomic E-state index is -0.117. The highest BCUT2D eigenvalue weighted by molar-refractivity contribution is 7.17. The van der Waals surface area contributed by atoms with Gasteiger partial charge in [0.1, 0.15) is 0 Å². The first-order valence-corrected chi connectivity index (χ1v) is 7.60. The second-order valence-corrected chi connectivity index (χ2v) is 6.29. The minimum Gasteiger partial charge on any atom is -0.320 e. The van der Waals surface area contributed by atoms with Crippen LogP contribution in [0.2, 0.25) is 0 Å². The number of aryl methyl sites for hydroxylation is 3. The predicted octanol–water partition coefficient (Wildman–Crippen LogP) is 4.27. The summed E-state index contributed by atoms with van der Waals surface area (Å²) < 4.78 is 1.19. The van der Waals surface area contributed by atoms with E-state index in [1.165, 1.54) is 27.0 Å². The van der Waals surface area contributed by atoms with Crippen LogP contribution < -0.4 is 5.73 Å². The van der Waals surface area contributed by atoms with E-state index in [1.807, 2.05) is 12.3 Å². The van der Waals surface area contributed by atoms with Gasteiger partial charge in [-0.2, -0.15) is 0 Å². The molecule has 0 radical (unpaired) electrons. The summed E-state index contributed by atoms with van der Waals surface area (Å²) in [4.78, 5) is 4.49. The Bertz CT molecular complexity index is 774. The van der Waals surface area contributed by atoms with Crippen LogP contribution in [0.15, 0.2) is 35.8 Å². The summed E-state index contributed by atoms with van der Waals surface area (Å²) in [5.74, 6) is 0. The van der Waals surface area contributed by atoms with E-state index in [1.54, 1.807) is 11.3 Å². The Morgan fingerprint density at radius 1 is 1.05 bits per heavy atom. The van der Waals surface area contributed by atoms with E-state index in [0.29, 0.717) is 0 Å². The monoisotopic (exact) mass is 282 g/mol. The summed E-state index contributed by atoms with van der Waals surface area (Å²) in [6.07, 6.45) is 1.90. The van der Waals surface area contributed by atoms with Crippen molar-refractivity contribution in [3.8, 4) is 0 Å². The zero-order valence-electron chi connectivity index (χ0n) is 12.0. The van der Waals surface area contributed by atoms with E-state index in [9.17, 15) is 0 Å². The van der Waals surface area contributed by atoms with Crippen molar-refractivity contribution in [2.75, 3.05) is 0 Å². The zero-order chi connectivity index (χ0) is 14.3. The molecule has 3 aromatic rings. The molecule has 1 atom stereocenters. The number of benzene rings is 1. The molecule has 0 amide bonds. The van der Waals surface area contributed by atoms with Gasteiger partial charge in [0.05, 0.1) is 16.3 Å². The summed E-state index contributed by atoms with van der Waals surface area (Å²) in [5, 5.41) is 2.06.